The third-order valence-electron chi connectivity index (χ3n) is 2.47. The molecule has 0 aliphatic rings. The molecule has 1 aromatic carbocycles. The average Bonchev–Trinajstić information content (AvgIpc) is 2.70. The molecule has 0 bridgehead atoms. The summed E-state index contributed by atoms with van der Waals surface area (Å²) in [5, 5.41) is 0.257. The molecule has 0 saturated carbocycles. The lowest BCUT2D eigenvalue weighted by Gasteiger charge is -2.05. The van der Waals surface area contributed by atoms with Crippen molar-refractivity contribution in [2.75, 3.05) is 0 Å². The van der Waals surface area contributed by atoms with Crippen molar-refractivity contribution in [1.29, 1.82) is 0 Å². The standard InChI is InChI=1S/C12H10ClFN2O/c1-16-6-5-15-12(16)11(17)7-8-9(13)3-2-4-10(8)14/h2-6H,7H2,1H3. The first-order valence-corrected chi connectivity index (χ1v) is 5.41. The molecule has 2 aromatic rings. The highest BCUT2D eigenvalue weighted by Crippen LogP contribution is 2.20. The number of benzene rings is 1. The molecule has 5 heteroatoms. The Morgan fingerprint density at radius 2 is 2.29 bits per heavy atom. The van der Waals surface area contributed by atoms with Gasteiger partial charge < -0.3 is 4.57 Å². The second-order valence-corrected chi connectivity index (χ2v) is 4.07. The quantitative estimate of drug-likeness (QED) is 0.787. The van der Waals surface area contributed by atoms with Crippen molar-refractivity contribution < 1.29 is 9.18 Å². The molecule has 0 unspecified atom stereocenters. The predicted molar refractivity (Wildman–Crippen MR) is 62.7 cm³/mol. The zero-order valence-electron chi connectivity index (χ0n) is 9.15. The molecule has 88 valence electrons. The topological polar surface area (TPSA) is 34.9 Å². The Bertz CT molecular complexity index is 545. The van der Waals surface area contributed by atoms with E-state index in [1.54, 1.807) is 23.9 Å². The number of hydrogen-bond acceptors (Lipinski definition) is 2. The number of halogens is 2. The number of aromatic nitrogens is 2. The summed E-state index contributed by atoms with van der Waals surface area (Å²) in [6.07, 6.45) is 3.10. The molecule has 0 atom stereocenters. The molecule has 0 amide bonds. The van der Waals surface area contributed by atoms with Gasteiger partial charge in [0.05, 0.1) is 0 Å². The zero-order valence-corrected chi connectivity index (χ0v) is 9.91. The summed E-state index contributed by atoms with van der Waals surface area (Å²) in [6.45, 7) is 0. The number of nitrogens with zero attached hydrogens (tertiary/aromatic N) is 2. The van der Waals surface area contributed by atoms with Crippen LogP contribution in [0.4, 0.5) is 4.39 Å². The number of carbonyl (C=O) groups is 1. The fourth-order valence-corrected chi connectivity index (χ4v) is 1.80. The molecule has 1 heterocycles. The van der Waals surface area contributed by atoms with E-state index in [-0.39, 0.29) is 22.8 Å². The molecule has 0 aliphatic carbocycles. The molecule has 0 spiro atoms. The van der Waals surface area contributed by atoms with Gasteiger partial charge in [-0.15, -0.1) is 0 Å². The largest absolute Gasteiger partial charge is 0.332 e. The van der Waals surface area contributed by atoms with Crippen LogP contribution in [0.1, 0.15) is 16.2 Å². The van der Waals surface area contributed by atoms with Gasteiger partial charge in [-0.1, -0.05) is 17.7 Å². The molecule has 0 aliphatic heterocycles. The Kier molecular flexibility index (Phi) is 3.24. The van der Waals surface area contributed by atoms with Crippen LogP contribution in [0.15, 0.2) is 30.6 Å². The Hall–Kier alpha value is -1.68. The Balaban J connectivity index is 2.28. The lowest BCUT2D eigenvalue weighted by atomic mass is 10.1. The second kappa shape index (κ2) is 4.67. The highest BCUT2D eigenvalue weighted by molar-refractivity contribution is 6.31. The second-order valence-electron chi connectivity index (χ2n) is 3.66. The Morgan fingerprint density at radius 1 is 1.53 bits per heavy atom. The fourth-order valence-electron chi connectivity index (χ4n) is 1.58. The van der Waals surface area contributed by atoms with Gasteiger partial charge in [-0.3, -0.25) is 4.79 Å². The summed E-state index contributed by atoms with van der Waals surface area (Å²) in [7, 11) is 1.71. The Morgan fingerprint density at radius 3 is 2.88 bits per heavy atom. The van der Waals surface area contributed by atoms with E-state index in [1.807, 2.05) is 0 Å². The van der Waals surface area contributed by atoms with Crippen LogP contribution in [-0.2, 0) is 13.5 Å². The lowest BCUT2D eigenvalue weighted by molar-refractivity contribution is 0.0979. The number of aryl methyl sites for hydroxylation is 1. The SMILES string of the molecule is Cn1ccnc1C(=O)Cc1c(F)cccc1Cl. The minimum Gasteiger partial charge on any atom is -0.332 e. The van der Waals surface area contributed by atoms with E-state index in [0.717, 1.165) is 0 Å². The normalized spacial score (nSPS) is 10.5. The van der Waals surface area contributed by atoms with E-state index in [2.05, 4.69) is 4.98 Å². The van der Waals surface area contributed by atoms with Crippen molar-refractivity contribution in [3.63, 3.8) is 0 Å². The summed E-state index contributed by atoms with van der Waals surface area (Å²) in [5.74, 6) is -0.436. The third-order valence-corrected chi connectivity index (χ3v) is 2.82. The maximum Gasteiger partial charge on any atom is 0.202 e. The van der Waals surface area contributed by atoms with Crippen molar-refractivity contribution in [2.45, 2.75) is 6.42 Å². The number of carbonyl (C=O) groups excluding carboxylic acids is 1. The van der Waals surface area contributed by atoms with Crippen molar-refractivity contribution in [3.8, 4) is 0 Å². The molecule has 3 nitrogen and oxygen atoms in total. The predicted octanol–water partition coefficient (Wildman–Crippen LogP) is 2.64. The van der Waals surface area contributed by atoms with Crippen molar-refractivity contribution >= 4 is 17.4 Å². The zero-order chi connectivity index (χ0) is 12.4. The lowest BCUT2D eigenvalue weighted by Crippen LogP contribution is -2.11. The number of ketones is 1. The van der Waals surface area contributed by atoms with Crippen molar-refractivity contribution in [2.24, 2.45) is 7.05 Å². The van der Waals surface area contributed by atoms with Gasteiger partial charge in [-0.2, -0.15) is 0 Å². The molecule has 0 N–H and O–H groups in total. The molecule has 0 fully saturated rings. The molecule has 17 heavy (non-hydrogen) atoms. The van der Waals surface area contributed by atoms with Gasteiger partial charge in [0, 0.05) is 36.4 Å². The number of hydrogen-bond donors (Lipinski definition) is 0. The van der Waals surface area contributed by atoms with Crippen LogP contribution in [0, 0.1) is 5.82 Å². The Labute approximate surface area is 103 Å². The van der Waals surface area contributed by atoms with Gasteiger partial charge in [-0.05, 0) is 12.1 Å². The number of rotatable bonds is 3. The van der Waals surface area contributed by atoms with Crippen LogP contribution in [-0.4, -0.2) is 15.3 Å². The minimum absolute atomic E-state index is 0.0869. The first-order valence-electron chi connectivity index (χ1n) is 5.03. The van der Waals surface area contributed by atoms with E-state index >= 15 is 0 Å². The molecule has 1 aromatic heterocycles. The monoisotopic (exact) mass is 252 g/mol. The molecular weight excluding hydrogens is 243 g/mol. The van der Waals surface area contributed by atoms with Crippen LogP contribution in [0.5, 0.6) is 0 Å². The average molecular weight is 253 g/mol. The summed E-state index contributed by atoms with van der Waals surface area (Å²) >= 11 is 5.86. The maximum absolute atomic E-state index is 13.5. The summed E-state index contributed by atoms with van der Waals surface area (Å²) in [5.41, 5.74) is 0.210. The number of Topliss-reactive ketones (excluding diaryl/α,β-unsaturated/α-hetero) is 1. The highest BCUT2D eigenvalue weighted by Gasteiger charge is 2.16. The smallest absolute Gasteiger partial charge is 0.202 e. The maximum atomic E-state index is 13.5. The first kappa shape index (κ1) is 11.8. The highest BCUT2D eigenvalue weighted by atomic mass is 35.5. The van der Waals surface area contributed by atoms with Gasteiger partial charge >= 0.3 is 0 Å². The van der Waals surface area contributed by atoms with E-state index in [4.69, 9.17) is 11.6 Å². The van der Waals surface area contributed by atoms with Crippen LogP contribution in [0.2, 0.25) is 5.02 Å². The van der Waals surface area contributed by atoms with Gasteiger partial charge in [-0.25, -0.2) is 9.37 Å². The van der Waals surface area contributed by atoms with Crippen molar-refractivity contribution in [1.82, 2.24) is 9.55 Å². The molecule has 0 radical (unpaired) electrons. The van der Waals surface area contributed by atoms with Gasteiger partial charge in [0.2, 0.25) is 5.78 Å². The van der Waals surface area contributed by atoms with E-state index < -0.39 is 5.82 Å². The first-order chi connectivity index (χ1) is 8.09. The summed E-state index contributed by atoms with van der Waals surface area (Å²) < 4.78 is 15.1. The van der Waals surface area contributed by atoms with Crippen LogP contribution in [0.3, 0.4) is 0 Å². The van der Waals surface area contributed by atoms with Gasteiger partial charge in [0.25, 0.3) is 0 Å². The van der Waals surface area contributed by atoms with E-state index in [1.165, 1.54) is 18.3 Å². The molecular formula is C12H10ClFN2O. The minimum atomic E-state index is -0.472. The number of imidazole rings is 1. The van der Waals surface area contributed by atoms with E-state index in [9.17, 15) is 9.18 Å². The third kappa shape index (κ3) is 2.36. The molecule has 0 saturated heterocycles. The van der Waals surface area contributed by atoms with Crippen LogP contribution >= 0.6 is 11.6 Å². The summed E-state index contributed by atoms with van der Waals surface area (Å²) in [6, 6.07) is 4.35. The summed E-state index contributed by atoms with van der Waals surface area (Å²) in [4.78, 5) is 15.8. The van der Waals surface area contributed by atoms with E-state index in [0.29, 0.717) is 5.82 Å². The van der Waals surface area contributed by atoms with Gasteiger partial charge in [0.1, 0.15) is 5.82 Å². The fraction of sp³-hybridized carbons (Fsp3) is 0.167. The van der Waals surface area contributed by atoms with Crippen LogP contribution in [0.25, 0.3) is 0 Å². The van der Waals surface area contributed by atoms with Crippen LogP contribution < -0.4 is 0 Å². The van der Waals surface area contributed by atoms with Crippen molar-refractivity contribution in [3.05, 3.63) is 52.8 Å². The van der Waals surface area contributed by atoms with Gasteiger partial charge in [0.15, 0.2) is 5.82 Å². The molecule has 2 rings (SSSR count).